The van der Waals surface area contributed by atoms with E-state index in [-0.39, 0.29) is 24.6 Å². The van der Waals surface area contributed by atoms with Crippen molar-refractivity contribution in [3.8, 4) is 0 Å². The predicted molar refractivity (Wildman–Crippen MR) is 114 cm³/mol. The number of ether oxygens (including phenoxy) is 1. The molecule has 2 aromatic heterocycles. The summed E-state index contributed by atoms with van der Waals surface area (Å²) in [5, 5.41) is 3.20. The van der Waals surface area contributed by atoms with E-state index in [4.69, 9.17) is 4.74 Å². The lowest BCUT2D eigenvalue weighted by atomic mass is 10.1. The van der Waals surface area contributed by atoms with Gasteiger partial charge in [-0.1, -0.05) is 17.7 Å². The van der Waals surface area contributed by atoms with Crippen LogP contribution in [0.5, 0.6) is 0 Å². The molecule has 3 rings (SSSR count). The molecule has 0 bridgehead atoms. The van der Waals surface area contributed by atoms with Crippen LogP contribution in [0.1, 0.15) is 39.1 Å². The summed E-state index contributed by atoms with van der Waals surface area (Å²) in [6.45, 7) is 9.08. The maximum Gasteiger partial charge on any atom is 0.348 e. The molecule has 0 aliphatic carbocycles. The van der Waals surface area contributed by atoms with Crippen LogP contribution < -0.4 is 10.9 Å². The van der Waals surface area contributed by atoms with Crippen LogP contribution in [0.3, 0.4) is 0 Å². The molecular weight excluding hydrogens is 390 g/mol. The number of hydrogen-bond donors (Lipinski definition) is 1. The van der Waals surface area contributed by atoms with Gasteiger partial charge in [0, 0.05) is 5.69 Å². The average molecular weight is 413 g/mol. The molecule has 0 saturated heterocycles. The Morgan fingerprint density at radius 1 is 1.21 bits per heavy atom. The summed E-state index contributed by atoms with van der Waals surface area (Å²) in [4.78, 5) is 43.1. The molecular formula is C21H23N3O4S. The van der Waals surface area contributed by atoms with E-state index in [0.29, 0.717) is 32.2 Å². The number of amides is 1. The summed E-state index contributed by atoms with van der Waals surface area (Å²) in [6.07, 6.45) is 0. The third kappa shape index (κ3) is 4.07. The Labute approximate surface area is 172 Å². The van der Waals surface area contributed by atoms with Crippen LogP contribution in [0.4, 0.5) is 5.69 Å². The van der Waals surface area contributed by atoms with Crippen LogP contribution in [0.2, 0.25) is 0 Å². The topological polar surface area (TPSA) is 90.3 Å². The number of fused-ring (bicyclic) bond motifs is 1. The number of carbonyl (C=O) groups excluding carboxylic acids is 2. The van der Waals surface area contributed by atoms with E-state index >= 15 is 0 Å². The molecule has 0 radical (unpaired) electrons. The molecule has 0 saturated carbocycles. The third-order valence-electron chi connectivity index (χ3n) is 4.66. The second kappa shape index (κ2) is 8.16. The van der Waals surface area contributed by atoms with Crippen molar-refractivity contribution in [3.05, 3.63) is 55.9 Å². The summed E-state index contributed by atoms with van der Waals surface area (Å²) >= 11 is 1.13. The Morgan fingerprint density at radius 3 is 2.59 bits per heavy atom. The van der Waals surface area contributed by atoms with Gasteiger partial charge in [0.05, 0.1) is 12.0 Å². The summed E-state index contributed by atoms with van der Waals surface area (Å²) in [6, 6.07) is 5.74. The Balaban J connectivity index is 1.95. The average Bonchev–Trinajstić information content (AvgIpc) is 2.97. The number of nitrogens with zero attached hydrogens (tertiary/aromatic N) is 2. The van der Waals surface area contributed by atoms with E-state index in [1.54, 1.807) is 20.8 Å². The highest BCUT2D eigenvalue weighted by Crippen LogP contribution is 2.28. The molecule has 3 aromatic rings. The van der Waals surface area contributed by atoms with Crippen molar-refractivity contribution in [1.82, 2.24) is 9.55 Å². The fourth-order valence-electron chi connectivity index (χ4n) is 3.18. The molecule has 0 unspecified atom stereocenters. The van der Waals surface area contributed by atoms with Crippen LogP contribution in [0.15, 0.2) is 23.0 Å². The van der Waals surface area contributed by atoms with Gasteiger partial charge in [-0.3, -0.25) is 14.2 Å². The standard InChI is InChI=1S/C21H23N3O4S/c1-6-28-21(27)18-13(4)17-19(29-18)22-14(5)24(20(17)26)10-16(25)23-15-8-7-11(2)9-12(15)3/h7-9H,6,10H2,1-5H3,(H,23,25). The highest BCUT2D eigenvalue weighted by molar-refractivity contribution is 7.20. The first kappa shape index (κ1) is 20.7. The van der Waals surface area contributed by atoms with Gasteiger partial charge in [-0.25, -0.2) is 9.78 Å². The highest BCUT2D eigenvalue weighted by Gasteiger charge is 2.22. The molecule has 1 N–H and O–H groups in total. The molecule has 0 aliphatic heterocycles. The van der Waals surface area contributed by atoms with Gasteiger partial charge in [-0.15, -0.1) is 11.3 Å². The number of hydrogen-bond acceptors (Lipinski definition) is 6. The molecule has 7 nitrogen and oxygen atoms in total. The molecule has 1 amide bonds. The Bertz CT molecular complexity index is 1180. The van der Waals surface area contributed by atoms with Gasteiger partial charge in [-0.05, 0) is 51.8 Å². The van der Waals surface area contributed by atoms with Crippen molar-refractivity contribution >= 4 is 39.1 Å². The fourth-order valence-corrected chi connectivity index (χ4v) is 4.29. The number of anilines is 1. The molecule has 152 valence electrons. The Kier molecular flexibility index (Phi) is 5.83. The molecule has 2 heterocycles. The van der Waals surface area contributed by atoms with E-state index < -0.39 is 5.97 Å². The first-order valence-corrected chi connectivity index (χ1v) is 10.1. The van der Waals surface area contributed by atoms with Crippen LogP contribution in [0.25, 0.3) is 10.2 Å². The summed E-state index contributed by atoms with van der Waals surface area (Å²) in [5.41, 5.74) is 2.95. The van der Waals surface area contributed by atoms with Crippen molar-refractivity contribution in [2.45, 2.75) is 41.2 Å². The minimum atomic E-state index is -0.468. The highest BCUT2D eigenvalue weighted by atomic mass is 32.1. The monoisotopic (exact) mass is 413 g/mol. The van der Waals surface area contributed by atoms with Gasteiger partial charge in [-0.2, -0.15) is 0 Å². The number of aryl methyl sites for hydroxylation is 4. The molecule has 8 heteroatoms. The van der Waals surface area contributed by atoms with Crippen LogP contribution >= 0.6 is 11.3 Å². The molecule has 1 aromatic carbocycles. The van der Waals surface area contributed by atoms with Crippen molar-refractivity contribution in [2.75, 3.05) is 11.9 Å². The minimum Gasteiger partial charge on any atom is -0.462 e. The second-order valence-electron chi connectivity index (χ2n) is 6.87. The first-order chi connectivity index (χ1) is 13.7. The van der Waals surface area contributed by atoms with Crippen molar-refractivity contribution in [1.29, 1.82) is 0 Å². The lowest BCUT2D eigenvalue weighted by Crippen LogP contribution is -2.30. The Hall–Kier alpha value is -3.00. The van der Waals surface area contributed by atoms with Crippen molar-refractivity contribution in [3.63, 3.8) is 0 Å². The van der Waals surface area contributed by atoms with Gasteiger partial charge in [0.15, 0.2) is 0 Å². The maximum absolute atomic E-state index is 13.1. The molecule has 0 fully saturated rings. The van der Waals surface area contributed by atoms with Gasteiger partial charge in [0.25, 0.3) is 5.56 Å². The van der Waals surface area contributed by atoms with Crippen LogP contribution in [-0.4, -0.2) is 28.0 Å². The number of esters is 1. The Morgan fingerprint density at radius 2 is 1.93 bits per heavy atom. The number of nitrogens with one attached hydrogen (secondary N) is 1. The van der Waals surface area contributed by atoms with Crippen molar-refractivity contribution in [2.24, 2.45) is 0 Å². The minimum absolute atomic E-state index is 0.162. The van der Waals surface area contributed by atoms with Gasteiger partial charge < -0.3 is 10.1 Å². The number of rotatable bonds is 5. The number of carbonyl (C=O) groups is 2. The van der Waals surface area contributed by atoms with E-state index in [9.17, 15) is 14.4 Å². The number of aromatic nitrogens is 2. The first-order valence-electron chi connectivity index (χ1n) is 9.27. The lowest BCUT2D eigenvalue weighted by Gasteiger charge is -2.12. The smallest absolute Gasteiger partial charge is 0.348 e. The summed E-state index contributed by atoms with van der Waals surface area (Å²) in [7, 11) is 0. The quantitative estimate of drug-likeness (QED) is 0.647. The summed E-state index contributed by atoms with van der Waals surface area (Å²) < 4.78 is 6.39. The van der Waals surface area contributed by atoms with Gasteiger partial charge >= 0.3 is 5.97 Å². The maximum atomic E-state index is 13.1. The fraction of sp³-hybridized carbons (Fsp3) is 0.333. The second-order valence-corrected chi connectivity index (χ2v) is 7.87. The van der Waals surface area contributed by atoms with E-state index in [1.165, 1.54) is 4.57 Å². The zero-order chi connectivity index (χ0) is 21.3. The third-order valence-corrected chi connectivity index (χ3v) is 5.83. The molecule has 0 aliphatic rings. The van der Waals surface area contributed by atoms with Crippen LogP contribution in [0, 0.1) is 27.7 Å². The normalized spacial score (nSPS) is 10.9. The zero-order valence-corrected chi connectivity index (χ0v) is 17.9. The predicted octanol–water partition coefficient (Wildman–Crippen LogP) is 3.51. The zero-order valence-electron chi connectivity index (χ0n) is 17.1. The largest absolute Gasteiger partial charge is 0.462 e. The lowest BCUT2D eigenvalue weighted by molar-refractivity contribution is -0.116. The van der Waals surface area contributed by atoms with Crippen LogP contribution in [-0.2, 0) is 16.1 Å². The van der Waals surface area contributed by atoms with E-state index in [1.807, 2.05) is 32.0 Å². The SMILES string of the molecule is CCOC(=O)c1sc2nc(C)n(CC(=O)Nc3ccc(C)cc3C)c(=O)c2c1C. The van der Waals surface area contributed by atoms with Crippen molar-refractivity contribution < 1.29 is 14.3 Å². The van der Waals surface area contributed by atoms with Gasteiger partial charge in [0.1, 0.15) is 22.1 Å². The number of thiophene rings is 1. The van der Waals surface area contributed by atoms with E-state index in [0.717, 1.165) is 22.5 Å². The summed E-state index contributed by atoms with van der Waals surface area (Å²) in [5.74, 6) is -0.374. The number of benzene rings is 1. The molecule has 0 spiro atoms. The van der Waals surface area contributed by atoms with E-state index in [2.05, 4.69) is 10.3 Å². The molecule has 0 atom stereocenters. The molecule has 29 heavy (non-hydrogen) atoms. The van der Waals surface area contributed by atoms with Gasteiger partial charge in [0.2, 0.25) is 5.91 Å².